The third-order valence-electron chi connectivity index (χ3n) is 3.95. The molecule has 2 nitrogen and oxygen atoms in total. The molecule has 1 aromatic rings. The zero-order chi connectivity index (χ0) is 14.8. The van der Waals surface area contributed by atoms with Crippen LogP contribution in [0.3, 0.4) is 0 Å². The smallest absolute Gasteiger partial charge is 0.364 e. The molecule has 2 N–H and O–H groups in total. The van der Waals surface area contributed by atoms with Gasteiger partial charge in [-0.05, 0) is 37.7 Å². The molecule has 5 heteroatoms. The van der Waals surface area contributed by atoms with E-state index in [1.165, 1.54) is 0 Å². The van der Waals surface area contributed by atoms with Gasteiger partial charge in [-0.25, -0.2) is 0 Å². The van der Waals surface area contributed by atoms with Crippen LogP contribution in [0.15, 0.2) is 30.3 Å². The molecule has 0 radical (unpaired) electrons. The summed E-state index contributed by atoms with van der Waals surface area (Å²) in [7, 11) is 0. The van der Waals surface area contributed by atoms with E-state index in [1.807, 2.05) is 30.3 Å². The summed E-state index contributed by atoms with van der Waals surface area (Å²) >= 11 is 0. The number of hydrogen-bond donors (Lipinski definition) is 1. The molecule has 1 aliphatic rings. The lowest BCUT2D eigenvalue weighted by Gasteiger charge is -2.36. The van der Waals surface area contributed by atoms with Crippen LogP contribution in [0.1, 0.15) is 37.7 Å². The van der Waals surface area contributed by atoms with Crippen molar-refractivity contribution in [1.29, 1.82) is 0 Å². The monoisotopic (exact) mass is 287 g/mol. The van der Waals surface area contributed by atoms with E-state index in [0.29, 0.717) is 12.8 Å². The van der Waals surface area contributed by atoms with Gasteiger partial charge in [0, 0.05) is 6.04 Å². The Morgan fingerprint density at radius 2 is 1.85 bits per heavy atom. The van der Waals surface area contributed by atoms with Gasteiger partial charge < -0.3 is 10.5 Å². The van der Waals surface area contributed by atoms with Gasteiger partial charge in [-0.2, -0.15) is 13.2 Å². The van der Waals surface area contributed by atoms with Gasteiger partial charge in [0.15, 0.2) is 6.10 Å². The molecule has 0 saturated heterocycles. The first kappa shape index (κ1) is 15.3. The molecule has 0 amide bonds. The Bertz CT molecular complexity index is 421. The Balaban J connectivity index is 2.02. The molecule has 0 heterocycles. The van der Waals surface area contributed by atoms with E-state index in [1.54, 1.807) is 0 Å². The molecule has 112 valence electrons. The van der Waals surface area contributed by atoms with Crippen LogP contribution in [-0.2, 0) is 4.74 Å². The maximum Gasteiger partial charge on any atom is 0.414 e. The van der Waals surface area contributed by atoms with Crippen molar-refractivity contribution < 1.29 is 17.9 Å². The molecule has 1 aliphatic carbocycles. The molecule has 0 aromatic heterocycles. The molecule has 4 atom stereocenters. The van der Waals surface area contributed by atoms with E-state index in [0.717, 1.165) is 18.9 Å². The maximum absolute atomic E-state index is 12.6. The largest absolute Gasteiger partial charge is 0.414 e. The standard InChI is InChI=1S/C15H20F3NO/c1-10(15(16,17)18)20-14-9-12(7-8-13(14)19)11-5-3-2-4-6-11/h2-6,10,12-14H,7-9,19H2,1H3. The van der Waals surface area contributed by atoms with Crippen LogP contribution in [0.5, 0.6) is 0 Å². The minimum Gasteiger partial charge on any atom is -0.364 e. The average Bonchev–Trinajstić information content (AvgIpc) is 2.41. The van der Waals surface area contributed by atoms with E-state index in [9.17, 15) is 13.2 Å². The van der Waals surface area contributed by atoms with Gasteiger partial charge in [0.2, 0.25) is 0 Å². The highest BCUT2D eigenvalue weighted by atomic mass is 19.4. The highest BCUT2D eigenvalue weighted by Gasteiger charge is 2.40. The number of halogens is 3. The van der Waals surface area contributed by atoms with Gasteiger partial charge in [0.05, 0.1) is 6.10 Å². The first-order valence-corrected chi connectivity index (χ1v) is 6.90. The molecule has 1 aromatic carbocycles. The van der Waals surface area contributed by atoms with E-state index < -0.39 is 18.4 Å². The second-order valence-corrected chi connectivity index (χ2v) is 5.44. The van der Waals surface area contributed by atoms with E-state index in [2.05, 4.69) is 0 Å². The second-order valence-electron chi connectivity index (χ2n) is 5.44. The molecular formula is C15H20F3NO. The minimum atomic E-state index is -4.33. The molecule has 0 aliphatic heterocycles. The summed E-state index contributed by atoms with van der Waals surface area (Å²) in [5.74, 6) is 0.224. The molecule has 4 unspecified atom stereocenters. The van der Waals surface area contributed by atoms with Crippen LogP contribution >= 0.6 is 0 Å². The quantitative estimate of drug-likeness (QED) is 0.921. The van der Waals surface area contributed by atoms with Crippen molar-refractivity contribution in [2.45, 2.75) is 56.5 Å². The van der Waals surface area contributed by atoms with Gasteiger partial charge >= 0.3 is 6.18 Å². The fraction of sp³-hybridized carbons (Fsp3) is 0.600. The SMILES string of the molecule is CC(OC1CC(c2ccccc2)CCC1N)C(F)(F)F. The summed E-state index contributed by atoms with van der Waals surface area (Å²) in [5, 5.41) is 0. The van der Waals surface area contributed by atoms with E-state index in [-0.39, 0.29) is 12.0 Å². The molecule has 1 fully saturated rings. The summed E-state index contributed by atoms with van der Waals surface area (Å²) in [5.41, 5.74) is 7.06. The summed E-state index contributed by atoms with van der Waals surface area (Å²) < 4.78 is 42.9. The average molecular weight is 287 g/mol. The number of alkyl halides is 3. The Kier molecular flexibility index (Phi) is 4.70. The fourth-order valence-corrected chi connectivity index (χ4v) is 2.68. The number of benzene rings is 1. The van der Waals surface area contributed by atoms with Crippen LogP contribution in [0.4, 0.5) is 13.2 Å². The van der Waals surface area contributed by atoms with Crippen LogP contribution in [0.2, 0.25) is 0 Å². The summed E-state index contributed by atoms with van der Waals surface area (Å²) in [4.78, 5) is 0. The lowest BCUT2D eigenvalue weighted by atomic mass is 9.80. The third kappa shape index (κ3) is 3.73. The Labute approximate surface area is 117 Å². The molecule has 2 rings (SSSR count). The molecule has 0 bridgehead atoms. The maximum atomic E-state index is 12.6. The second kappa shape index (κ2) is 6.14. The van der Waals surface area contributed by atoms with Gasteiger partial charge in [0.25, 0.3) is 0 Å². The van der Waals surface area contributed by atoms with E-state index in [4.69, 9.17) is 10.5 Å². The number of ether oxygens (including phenoxy) is 1. The molecule has 1 saturated carbocycles. The van der Waals surface area contributed by atoms with Crippen molar-refractivity contribution in [3.63, 3.8) is 0 Å². The first-order chi connectivity index (χ1) is 9.38. The van der Waals surface area contributed by atoms with Gasteiger partial charge in [0.1, 0.15) is 0 Å². The molecule has 20 heavy (non-hydrogen) atoms. The normalized spacial score (nSPS) is 29.1. The van der Waals surface area contributed by atoms with Crippen molar-refractivity contribution in [2.75, 3.05) is 0 Å². The topological polar surface area (TPSA) is 35.2 Å². The van der Waals surface area contributed by atoms with Crippen LogP contribution in [-0.4, -0.2) is 24.4 Å². The Hall–Kier alpha value is -1.07. The lowest BCUT2D eigenvalue weighted by Crippen LogP contribution is -2.45. The predicted octanol–water partition coefficient (Wildman–Crippen LogP) is 3.62. The molecule has 0 spiro atoms. The Morgan fingerprint density at radius 3 is 2.45 bits per heavy atom. The summed E-state index contributed by atoms with van der Waals surface area (Å²) in [6.07, 6.45) is -4.51. The number of hydrogen-bond acceptors (Lipinski definition) is 2. The van der Waals surface area contributed by atoms with Crippen LogP contribution < -0.4 is 5.73 Å². The number of rotatable bonds is 3. The lowest BCUT2D eigenvalue weighted by molar-refractivity contribution is -0.231. The zero-order valence-corrected chi connectivity index (χ0v) is 11.4. The van der Waals surface area contributed by atoms with Gasteiger partial charge in [-0.15, -0.1) is 0 Å². The fourth-order valence-electron chi connectivity index (χ4n) is 2.68. The van der Waals surface area contributed by atoms with Crippen molar-refractivity contribution in [1.82, 2.24) is 0 Å². The summed E-state index contributed by atoms with van der Waals surface area (Å²) in [6, 6.07) is 9.51. The minimum absolute atomic E-state index is 0.224. The molecular weight excluding hydrogens is 267 g/mol. The van der Waals surface area contributed by atoms with Gasteiger partial charge in [-0.1, -0.05) is 30.3 Å². The van der Waals surface area contributed by atoms with Crippen LogP contribution in [0, 0.1) is 0 Å². The summed E-state index contributed by atoms with van der Waals surface area (Å²) in [6.45, 7) is 1.04. The van der Waals surface area contributed by atoms with Crippen LogP contribution in [0.25, 0.3) is 0 Å². The Morgan fingerprint density at radius 1 is 1.20 bits per heavy atom. The van der Waals surface area contributed by atoms with E-state index >= 15 is 0 Å². The highest BCUT2D eigenvalue weighted by Crippen LogP contribution is 2.35. The van der Waals surface area contributed by atoms with Crippen molar-refractivity contribution >= 4 is 0 Å². The predicted molar refractivity (Wildman–Crippen MR) is 71.4 cm³/mol. The van der Waals surface area contributed by atoms with Crippen molar-refractivity contribution in [2.24, 2.45) is 5.73 Å². The number of nitrogens with two attached hydrogens (primary N) is 1. The van der Waals surface area contributed by atoms with Crippen molar-refractivity contribution in [3.05, 3.63) is 35.9 Å². The van der Waals surface area contributed by atoms with Gasteiger partial charge in [-0.3, -0.25) is 0 Å². The third-order valence-corrected chi connectivity index (χ3v) is 3.95. The highest BCUT2D eigenvalue weighted by molar-refractivity contribution is 5.20. The zero-order valence-electron chi connectivity index (χ0n) is 11.4. The van der Waals surface area contributed by atoms with Crippen molar-refractivity contribution in [3.8, 4) is 0 Å². The first-order valence-electron chi connectivity index (χ1n) is 6.90.